The first-order valence-corrected chi connectivity index (χ1v) is 9.61. The molecule has 0 aliphatic carbocycles. The van der Waals surface area contributed by atoms with Gasteiger partial charge in [0.25, 0.3) is 0 Å². The average molecular weight is 391 g/mol. The number of carbonyl (C=O) groups excluding carboxylic acids is 2. The lowest BCUT2D eigenvalue weighted by molar-refractivity contribution is -0.136. The van der Waals surface area contributed by atoms with Gasteiger partial charge in [-0.1, -0.05) is 24.3 Å². The Morgan fingerprint density at radius 2 is 1.93 bits per heavy atom. The summed E-state index contributed by atoms with van der Waals surface area (Å²) in [6.45, 7) is 1.24. The van der Waals surface area contributed by atoms with Crippen LogP contribution in [0.25, 0.3) is 0 Å². The molecule has 2 aliphatic heterocycles. The van der Waals surface area contributed by atoms with E-state index in [9.17, 15) is 19.1 Å². The number of rotatable bonds is 5. The summed E-state index contributed by atoms with van der Waals surface area (Å²) in [7, 11) is 0. The van der Waals surface area contributed by atoms with Crippen LogP contribution < -0.4 is 10.6 Å². The van der Waals surface area contributed by atoms with Gasteiger partial charge in [0.05, 0.1) is 30.9 Å². The molecule has 0 radical (unpaired) electrons. The Labute approximate surface area is 163 Å². The molecule has 8 heteroatoms. The third-order valence-electron chi connectivity index (χ3n) is 4.97. The zero-order chi connectivity index (χ0) is 19.9. The molecule has 0 spiro atoms. The molecular weight excluding hydrogens is 365 g/mol. The fraction of sp³-hybridized carbons (Fsp3) is 0.500. The first-order valence-electron chi connectivity index (χ1n) is 9.61. The molecule has 1 aromatic rings. The van der Waals surface area contributed by atoms with E-state index in [0.717, 1.165) is 32.4 Å². The molecule has 1 fully saturated rings. The van der Waals surface area contributed by atoms with E-state index in [2.05, 4.69) is 10.6 Å². The number of nitrogens with zero attached hydrogens (tertiary/aromatic N) is 1. The number of para-hydroxylation sites is 1. The number of aliphatic hydroxyl groups excluding tert-OH is 1. The normalized spacial score (nSPS) is 24.6. The number of urea groups is 1. The Morgan fingerprint density at radius 1 is 1.18 bits per heavy atom. The Balaban J connectivity index is 1.54. The number of aliphatic hydroxyl groups is 1. The summed E-state index contributed by atoms with van der Waals surface area (Å²) in [5.74, 6) is -0.502. The third-order valence-corrected chi connectivity index (χ3v) is 4.97. The molecule has 7 nitrogen and oxygen atoms in total. The lowest BCUT2D eigenvalue weighted by Crippen LogP contribution is -2.50. The molecule has 3 amide bonds. The zero-order valence-electron chi connectivity index (χ0n) is 15.6. The van der Waals surface area contributed by atoms with Gasteiger partial charge >= 0.3 is 6.03 Å². The van der Waals surface area contributed by atoms with Crippen LogP contribution >= 0.6 is 0 Å². The van der Waals surface area contributed by atoms with Crippen LogP contribution in [0, 0.1) is 5.82 Å². The highest BCUT2D eigenvalue weighted by Crippen LogP contribution is 2.19. The van der Waals surface area contributed by atoms with E-state index < -0.39 is 30.1 Å². The summed E-state index contributed by atoms with van der Waals surface area (Å²) >= 11 is 0. The van der Waals surface area contributed by atoms with Gasteiger partial charge in [0.15, 0.2) is 0 Å². The predicted molar refractivity (Wildman–Crippen MR) is 102 cm³/mol. The van der Waals surface area contributed by atoms with Crippen molar-refractivity contribution in [1.29, 1.82) is 0 Å². The van der Waals surface area contributed by atoms with E-state index in [-0.39, 0.29) is 24.6 Å². The average Bonchev–Trinajstić information content (AvgIpc) is 2.71. The van der Waals surface area contributed by atoms with Crippen molar-refractivity contribution in [3.63, 3.8) is 0 Å². The van der Waals surface area contributed by atoms with E-state index in [0.29, 0.717) is 0 Å². The lowest BCUT2D eigenvalue weighted by Gasteiger charge is -2.33. The standard InChI is InChI=1S/C20H26FN3O4/c21-15-6-2-3-7-16(15)22-20(27)23-17-9-8-14(28-18(17)13-25)12-19(26)24-10-4-1-5-11-24/h2-3,6-9,14,17-18,25H,1,4-5,10-13H2,(H2,22,23,27)/t14-,17-,18+/m1/s1. The number of nitrogens with one attached hydrogen (secondary N) is 2. The second-order valence-electron chi connectivity index (χ2n) is 7.03. The van der Waals surface area contributed by atoms with Crippen LogP contribution in [0.3, 0.4) is 0 Å². The van der Waals surface area contributed by atoms with Gasteiger partial charge in [0.2, 0.25) is 5.91 Å². The number of halogens is 1. The summed E-state index contributed by atoms with van der Waals surface area (Å²) < 4.78 is 19.4. The summed E-state index contributed by atoms with van der Waals surface area (Å²) in [4.78, 5) is 26.4. The quantitative estimate of drug-likeness (QED) is 0.670. The number of likely N-dealkylation sites (tertiary alicyclic amines) is 1. The number of piperidine rings is 1. The van der Waals surface area contributed by atoms with Crippen molar-refractivity contribution in [2.75, 3.05) is 25.0 Å². The van der Waals surface area contributed by atoms with Gasteiger partial charge in [-0.15, -0.1) is 0 Å². The molecule has 3 N–H and O–H groups in total. The molecule has 3 atom stereocenters. The molecule has 1 aromatic carbocycles. The molecule has 0 saturated carbocycles. The van der Waals surface area contributed by atoms with Crippen LogP contribution in [0.1, 0.15) is 25.7 Å². The minimum atomic E-state index is -0.685. The van der Waals surface area contributed by atoms with Crippen LogP contribution in [0.15, 0.2) is 36.4 Å². The minimum Gasteiger partial charge on any atom is -0.394 e. The largest absolute Gasteiger partial charge is 0.394 e. The summed E-state index contributed by atoms with van der Waals surface area (Å²) in [6, 6.07) is 4.65. The SMILES string of the molecule is O=C(Nc1ccccc1F)N[C@@H]1C=C[C@H](CC(=O)N2CCCCC2)O[C@H]1CO. The predicted octanol–water partition coefficient (Wildman–Crippen LogP) is 2.03. The highest BCUT2D eigenvalue weighted by atomic mass is 19.1. The Morgan fingerprint density at radius 3 is 2.64 bits per heavy atom. The molecule has 2 heterocycles. The second kappa shape index (κ2) is 9.66. The van der Waals surface area contributed by atoms with Gasteiger partial charge in [-0.2, -0.15) is 0 Å². The number of ether oxygens (including phenoxy) is 1. The Kier molecular flexibility index (Phi) is 7.00. The van der Waals surface area contributed by atoms with E-state index >= 15 is 0 Å². The van der Waals surface area contributed by atoms with Crippen molar-refractivity contribution in [1.82, 2.24) is 10.2 Å². The maximum Gasteiger partial charge on any atom is 0.319 e. The van der Waals surface area contributed by atoms with E-state index in [1.165, 1.54) is 18.2 Å². The van der Waals surface area contributed by atoms with Gasteiger partial charge in [-0.25, -0.2) is 9.18 Å². The van der Waals surface area contributed by atoms with Crippen LogP contribution in [0.5, 0.6) is 0 Å². The topological polar surface area (TPSA) is 90.9 Å². The molecule has 2 aliphatic rings. The monoisotopic (exact) mass is 391 g/mol. The first-order chi connectivity index (χ1) is 13.6. The van der Waals surface area contributed by atoms with Crippen molar-refractivity contribution in [2.24, 2.45) is 0 Å². The smallest absolute Gasteiger partial charge is 0.319 e. The van der Waals surface area contributed by atoms with E-state index in [1.807, 2.05) is 4.90 Å². The fourth-order valence-electron chi connectivity index (χ4n) is 3.45. The zero-order valence-corrected chi connectivity index (χ0v) is 15.6. The summed E-state index contributed by atoms with van der Waals surface area (Å²) in [5.41, 5.74) is 0.0614. The number of benzene rings is 1. The number of hydrogen-bond donors (Lipinski definition) is 3. The van der Waals surface area contributed by atoms with Gasteiger partial charge in [0.1, 0.15) is 11.9 Å². The molecule has 0 unspecified atom stereocenters. The van der Waals surface area contributed by atoms with Crippen molar-refractivity contribution < 1.29 is 23.8 Å². The highest BCUT2D eigenvalue weighted by molar-refractivity contribution is 5.89. The van der Waals surface area contributed by atoms with Gasteiger partial charge < -0.3 is 25.4 Å². The van der Waals surface area contributed by atoms with Crippen molar-refractivity contribution in [3.8, 4) is 0 Å². The third kappa shape index (κ3) is 5.30. The van der Waals surface area contributed by atoms with Crippen LogP contribution in [-0.2, 0) is 9.53 Å². The number of amides is 3. The Bertz CT molecular complexity index is 721. The number of anilines is 1. The van der Waals surface area contributed by atoms with E-state index in [4.69, 9.17) is 4.74 Å². The van der Waals surface area contributed by atoms with Crippen LogP contribution in [-0.4, -0.2) is 59.9 Å². The molecule has 1 saturated heterocycles. The van der Waals surface area contributed by atoms with Crippen LogP contribution in [0.2, 0.25) is 0 Å². The summed E-state index contributed by atoms with van der Waals surface area (Å²) in [6.07, 6.45) is 5.71. The molecular formula is C20H26FN3O4. The van der Waals surface area contributed by atoms with Crippen LogP contribution in [0.4, 0.5) is 14.9 Å². The molecule has 152 valence electrons. The lowest BCUT2D eigenvalue weighted by atomic mass is 10.0. The van der Waals surface area contributed by atoms with Gasteiger partial charge in [-0.05, 0) is 31.4 Å². The molecule has 28 heavy (non-hydrogen) atoms. The van der Waals surface area contributed by atoms with E-state index in [1.54, 1.807) is 18.2 Å². The highest BCUT2D eigenvalue weighted by Gasteiger charge is 2.30. The number of hydrogen-bond acceptors (Lipinski definition) is 4. The maximum absolute atomic E-state index is 13.6. The Hall–Kier alpha value is -2.45. The van der Waals surface area contributed by atoms with Crippen molar-refractivity contribution in [2.45, 2.75) is 43.9 Å². The molecule has 0 bridgehead atoms. The minimum absolute atomic E-state index is 0.0368. The first kappa shape index (κ1) is 20.3. The van der Waals surface area contributed by atoms with Crippen molar-refractivity contribution >= 4 is 17.6 Å². The maximum atomic E-state index is 13.6. The number of carbonyl (C=O) groups is 2. The van der Waals surface area contributed by atoms with Crippen molar-refractivity contribution in [3.05, 3.63) is 42.2 Å². The fourth-order valence-corrected chi connectivity index (χ4v) is 3.45. The second-order valence-corrected chi connectivity index (χ2v) is 7.03. The van der Waals surface area contributed by atoms with Gasteiger partial charge in [0, 0.05) is 13.1 Å². The van der Waals surface area contributed by atoms with Gasteiger partial charge in [-0.3, -0.25) is 4.79 Å². The molecule has 3 rings (SSSR count). The summed E-state index contributed by atoms with van der Waals surface area (Å²) in [5, 5.41) is 14.7. The molecule has 0 aromatic heterocycles.